The van der Waals surface area contributed by atoms with Gasteiger partial charge in [-0.3, -0.25) is 4.21 Å². The Bertz CT molecular complexity index is 598. The Balaban J connectivity index is 2.05. The van der Waals surface area contributed by atoms with Crippen LogP contribution in [0, 0.1) is 5.82 Å². The first-order valence-corrected chi connectivity index (χ1v) is 8.47. The van der Waals surface area contributed by atoms with E-state index in [9.17, 15) is 26.9 Å². The fraction of sp³-hybridized carbons (Fsp3) is 0.600. The molecule has 2 unspecified atom stereocenters. The molecule has 2 aliphatic rings. The van der Waals surface area contributed by atoms with Crippen molar-refractivity contribution in [2.75, 3.05) is 0 Å². The van der Waals surface area contributed by atoms with Gasteiger partial charge in [0.25, 0.3) is 0 Å². The van der Waals surface area contributed by atoms with Gasteiger partial charge in [-0.25, -0.2) is 4.39 Å². The summed E-state index contributed by atoms with van der Waals surface area (Å²) < 4.78 is 65.0. The third kappa shape index (κ3) is 2.69. The summed E-state index contributed by atoms with van der Waals surface area (Å²) in [5.41, 5.74) is -3.13. The van der Waals surface area contributed by atoms with Crippen molar-refractivity contribution >= 4 is 10.8 Å². The Labute approximate surface area is 128 Å². The highest BCUT2D eigenvalue weighted by Crippen LogP contribution is 2.47. The van der Waals surface area contributed by atoms with E-state index in [1.54, 1.807) is 0 Å². The third-order valence-corrected chi connectivity index (χ3v) is 6.75. The van der Waals surface area contributed by atoms with E-state index in [2.05, 4.69) is 0 Å². The minimum Gasteiger partial charge on any atom is -0.385 e. The van der Waals surface area contributed by atoms with Crippen LogP contribution >= 0.6 is 0 Å². The predicted octanol–water partition coefficient (Wildman–Crippen LogP) is 3.50. The molecule has 2 heterocycles. The number of halogens is 4. The van der Waals surface area contributed by atoms with Crippen LogP contribution in [0.15, 0.2) is 18.2 Å². The SMILES string of the molecule is O=S1C2CCCC1CC(O)(c1ccc(F)cc1C(F)(F)F)C2. The van der Waals surface area contributed by atoms with E-state index < -0.39 is 34.0 Å². The zero-order valence-electron chi connectivity index (χ0n) is 11.7. The number of aliphatic hydroxyl groups is 1. The summed E-state index contributed by atoms with van der Waals surface area (Å²) in [4.78, 5) is 0. The third-order valence-electron chi connectivity index (χ3n) is 4.63. The molecule has 2 bridgehead atoms. The summed E-state index contributed by atoms with van der Waals surface area (Å²) in [6.45, 7) is 0. The highest BCUT2D eigenvalue weighted by molar-refractivity contribution is 7.86. The van der Waals surface area contributed by atoms with Gasteiger partial charge in [0.2, 0.25) is 0 Å². The number of hydrogen-bond acceptors (Lipinski definition) is 2. The molecule has 0 aromatic heterocycles. The molecule has 1 aromatic carbocycles. The van der Waals surface area contributed by atoms with Crippen LogP contribution in [0.3, 0.4) is 0 Å². The minimum atomic E-state index is -4.74. The number of rotatable bonds is 1. The zero-order chi connectivity index (χ0) is 16.1. The van der Waals surface area contributed by atoms with Gasteiger partial charge >= 0.3 is 6.18 Å². The first-order valence-electron chi connectivity index (χ1n) is 7.20. The van der Waals surface area contributed by atoms with E-state index in [4.69, 9.17) is 0 Å². The first kappa shape index (κ1) is 15.9. The average molecular weight is 336 g/mol. The lowest BCUT2D eigenvalue weighted by molar-refractivity contribution is -0.141. The van der Waals surface area contributed by atoms with E-state index in [1.165, 1.54) is 0 Å². The topological polar surface area (TPSA) is 37.3 Å². The molecule has 22 heavy (non-hydrogen) atoms. The highest BCUT2D eigenvalue weighted by atomic mass is 32.2. The summed E-state index contributed by atoms with van der Waals surface area (Å²) in [5.74, 6) is -0.987. The molecular formula is C15H16F4O2S. The number of fused-ring (bicyclic) bond motifs is 2. The number of benzene rings is 1. The van der Waals surface area contributed by atoms with E-state index >= 15 is 0 Å². The van der Waals surface area contributed by atoms with Gasteiger partial charge < -0.3 is 5.11 Å². The fourth-order valence-corrected chi connectivity index (χ4v) is 5.88. The predicted molar refractivity (Wildman–Crippen MR) is 74.1 cm³/mol. The van der Waals surface area contributed by atoms with E-state index in [1.807, 2.05) is 0 Å². The monoisotopic (exact) mass is 336 g/mol. The summed E-state index contributed by atoms with van der Waals surface area (Å²) in [5, 5.41) is 10.3. The second kappa shape index (κ2) is 5.30. The van der Waals surface area contributed by atoms with Gasteiger partial charge in [-0.05, 0) is 43.4 Å². The minimum absolute atomic E-state index is 0.0326. The lowest BCUT2D eigenvalue weighted by atomic mass is 9.78. The normalized spacial score (nSPS) is 35.4. The van der Waals surface area contributed by atoms with Crippen molar-refractivity contribution in [1.29, 1.82) is 0 Å². The standard InChI is InChI=1S/C15H16F4O2S/c16-9-4-5-12(13(6-9)15(17,18)19)14(20)7-10-2-1-3-11(8-14)22(10)21/h4-6,10-11,20H,1-3,7-8H2. The molecule has 1 aromatic rings. The molecule has 2 nitrogen and oxygen atoms in total. The van der Waals surface area contributed by atoms with Crippen LogP contribution in [-0.2, 0) is 22.6 Å². The van der Waals surface area contributed by atoms with Gasteiger partial charge in [0.15, 0.2) is 0 Å². The molecule has 2 aliphatic heterocycles. The number of alkyl halides is 3. The Morgan fingerprint density at radius 1 is 1.18 bits per heavy atom. The largest absolute Gasteiger partial charge is 0.416 e. The Hall–Kier alpha value is -0.950. The molecule has 0 aliphatic carbocycles. The second-order valence-electron chi connectivity index (χ2n) is 6.13. The highest BCUT2D eigenvalue weighted by Gasteiger charge is 2.49. The molecule has 122 valence electrons. The van der Waals surface area contributed by atoms with Crippen LogP contribution in [0.25, 0.3) is 0 Å². The van der Waals surface area contributed by atoms with Crippen molar-refractivity contribution in [2.24, 2.45) is 0 Å². The smallest absolute Gasteiger partial charge is 0.385 e. The molecule has 2 fully saturated rings. The summed E-state index contributed by atoms with van der Waals surface area (Å²) in [6, 6.07) is 2.38. The molecule has 0 saturated carbocycles. The second-order valence-corrected chi connectivity index (χ2v) is 8.12. The van der Waals surface area contributed by atoms with Gasteiger partial charge in [-0.15, -0.1) is 0 Å². The van der Waals surface area contributed by atoms with Crippen molar-refractivity contribution in [3.8, 4) is 0 Å². The van der Waals surface area contributed by atoms with Crippen LogP contribution in [0.4, 0.5) is 17.6 Å². The maximum atomic E-state index is 13.2. The van der Waals surface area contributed by atoms with Gasteiger partial charge in [0.1, 0.15) is 5.82 Å². The molecule has 2 atom stereocenters. The lowest BCUT2D eigenvalue weighted by Crippen LogP contribution is -2.48. The Morgan fingerprint density at radius 2 is 1.77 bits per heavy atom. The summed E-state index contributed by atoms with van der Waals surface area (Å²) in [6.07, 6.45) is -2.50. The Kier molecular flexibility index (Phi) is 3.84. The molecule has 7 heteroatoms. The summed E-state index contributed by atoms with van der Waals surface area (Å²) >= 11 is 0. The molecule has 0 spiro atoms. The number of hydrogen-bond donors (Lipinski definition) is 1. The van der Waals surface area contributed by atoms with Crippen molar-refractivity contribution < 1.29 is 26.9 Å². The quantitative estimate of drug-likeness (QED) is 0.797. The van der Waals surface area contributed by atoms with Gasteiger partial charge in [0, 0.05) is 21.3 Å². The van der Waals surface area contributed by atoms with E-state index in [-0.39, 0.29) is 28.9 Å². The van der Waals surface area contributed by atoms with Crippen molar-refractivity contribution in [3.05, 3.63) is 35.1 Å². The van der Waals surface area contributed by atoms with Crippen molar-refractivity contribution in [3.63, 3.8) is 0 Å². The van der Waals surface area contributed by atoms with Crippen LogP contribution in [0.2, 0.25) is 0 Å². The van der Waals surface area contributed by atoms with E-state index in [0.717, 1.165) is 18.6 Å². The molecule has 0 amide bonds. The van der Waals surface area contributed by atoms with Gasteiger partial charge in [-0.2, -0.15) is 13.2 Å². The molecule has 2 saturated heterocycles. The van der Waals surface area contributed by atoms with Crippen LogP contribution in [0.1, 0.15) is 43.2 Å². The zero-order valence-corrected chi connectivity index (χ0v) is 12.5. The average Bonchev–Trinajstić information content (AvgIpc) is 2.39. The van der Waals surface area contributed by atoms with Crippen LogP contribution in [-0.4, -0.2) is 19.8 Å². The van der Waals surface area contributed by atoms with Gasteiger partial charge in [-0.1, -0.05) is 12.5 Å². The summed E-state index contributed by atoms with van der Waals surface area (Å²) in [7, 11) is -1.10. The Morgan fingerprint density at radius 3 is 2.32 bits per heavy atom. The molecule has 1 N–H and O–H groups in total. The lowest BCUT2D eigenvalue weighted by Gasteiger charge is -2.44. The fourth-order valence-electron chi connectivity index (χ4n) is 3.66. The molecule has 3 rings (SSSR count). The maximum Gasteiger partial charge on any atom is 0.416 e. The molecule has 0 radical (unpaired) electrons. The van der Waals surface area contributed by atoms with Crippen molar-refractivity contribution in [2.45, 2.75) is 54.4 Å². The van der Waals surface area contributed by atoms with Crippen molar-refractivity contribution in [1.82, 2.24) is 0 Å². The maximum absolute atomic E-state index is 13.2. The van der Waals surface area contributed by atoms with Crippen LogP contribution in [0.5, 0.6) is 0 Å². The van der Waals surface area contributed by atoms with Gasteiger partial charge in [0.05, 0.1) is 11.2 Å². The van der Waals surface area contributed by atoms with E-state index in [0.29, 0.717) is 18.9 Å². The molecular weight excluding hydrogens is 320 g/mol. The van der Waals surface area contributed by atoms with Crippen LogP contribution < -0.4 is 0 Å². The first-order chi connectivity index (χ1) is 10.2.